The predicted octanol–water partition coefficient (Wildman–Crippen LogP) is 2.52. The van der Waals surface area contributed by atoms with Crippen LogP contribution >= 0.6 is 0 Å². The lowest BCUT2D eigenvalue weighted by atomic mass is 9.74. The van der Waals surface area contributed by atoms with Gasteiger partial charge in [-0.2, -0.15) is 0 Å². The molecule has 1 aliphatic carbocycles. The fraction of sp³-hybridized carbons (Fsp3) is 1.00. The zero-order valence-corrected chi connectivity index (χ0v) is 10.6. The van der Waals surface area contributed by atoms with E-state index in [0.29, 0.717) is 5.92 Å². The van der Waals surface area contributed by atoms with Crippen molar-refractivity contribution < 1.29 is 5.11 Å². The first kappa shape index (κ1) is 13.0. The normalized spacial score (nSPS) is 29.4. The third-order valence-electron chi connectivity index (χ3n) is 3.86. The SMILES string of the molecule is CCC1CCCCC1C(O)CCN(C)C. The fourth-order valence-corrected chi connectivity index (χ4v) is 2.85. The summed E-state index contributed by atoms with van der Waals surface area (Å²) in [7, 11) is 4.15. The minimum absolute atomic E-state index is 0.0716. The molecule has 1 saturated carbocycles. The molecule has 15 heavy (non-hydrogen) atoms. The van der Waals surface area contributed by atoms with Gasteiger partial charge in [-0.25, -0.2) is 0 Å². The number of aliphatic hydroxyl groups excluding tert-OH is 1. The number of rotatable bonds is 5. The topological polar surface area (TPSA) is 23.5 Å². The number of aliphatic hydroxyl groups is 1. The van der Waals surface area contributed by atoms with Gasteiger partial charge in [-0.05, 0) is 45.3 Å². The van der Waals surface area contributed by atoms with Crippen molar-refractivity contribution in [3.63, 3.8) is 0 Å². The average Bonchev–Trinajstić information content (AvgIpc) is 2.25. The lowest BCUT2D eigenvalue weighted by molar-refractivity contribution is 0.0355. The van der Waals surface area contributed by atoms with Crippen LogP contribution < -0.4 is 0 Å². The van der Waals surface area contributed by atoms with Crippen molar-refractivity contribution in [1.29, 1.82) is 0 Å². The molecule has 0 spiro atoms. The Kier molecular flexibility index (Phi) is 5.62. The third kappa shape index (κ3) is 4.12. The molecule has 2 heteroatoms. The van der Waals surface area contributed by atoms with Crippen molar-refractivity contribution in [3.05, 3.63) is 0 Å². The van der Waals surface area contributed by atoms with E-state index in [1.165, 1.54) is 32.1 Å². The van der Waals surface area contributed by atoms with Gasteiger partial charge >= 0.3 is 0 Å². The fourth-order valence-electron chi connectivity index (χ4n) is 2.85. The Morgan fingerprint density at radius 1 is 1.27 bits per heavy atom. The van der Waals surface area contributed by atoms with Gasteiger partial charge in [0.2, 0.25) is 0 Å². The molecule has 0 aromatic heterocycles. The van der Waals surface area contributed by atoms with Crippen LogP contribution in [0.4, 0.5) is 0 Å². The summed E-state index contributed by atoms with van der Waals surface area (Å²) in [5, 5.41) is 10.2. The predicted molar refractivity (Wildman–Crippen MR) is 64.9 cm³/mol. The summed E-state index contributed by atoms with van der Waals surface area (Å²) in [4.78, 5) is 2.16. The van der Waals surface area contributed by atoms with Crippen LogP contribution in [0.1, 0.15) is 45.4 Å². The van der Waals surface area contributed by atoms with Gasteiger partial charge < -0.3 is 10.0 Å². The summed E-state index contributed by atoms with van der Waals surface area (Å²) in [5.41, 5.74) is 0. The van der Waals surface area contributed by atoms with Gasteiger partial charge in [0.1, 0.15) is 0 Å². The zero-order valence-electron chi connectivity index (χ0n) is 10.6. The van der Waals surface area contributed by atoms with Crippen molar-refractivity contribution in [3.8, 4) is 0 Å². The Morgan fingerprint density at radius 2 is 1.93 bits per heavy atom. The molecular weight excluding hydrogens is 186 g/mol. The highest BCUT2D eigenvalue weighted by atomic mass is 16.3. The highest BCUT2D eigenvalue weighted by molar-refractivity contribution is 4.80. The van der Waals surface area contributed by atoms with E-state index >= 15 is 0 Å². The van der Waals surface area contributed by atoms with Crippen LogP contribution in [0.5, 0.6) is 0 Å². The van der Waals surface area contributed by atoms with E-state index in [2.05, 4.69) is 25.9 Å². The first-order valence-corrected chi connectivity index (χ1v) is 6.48. The smallest absolute Gasteiger partial charge is 0.0583 e. The number of nitrogens with zero attached hydrogens (tertiary/aromatic N) is 1. The van der Waals surface area contributed by atoms with E-state index in [4.69, 9.17) is 0 Å². The molecule has 0 bridgehead atoms. The number of hydrogen-bond donors (Lipinski definition) is 1. The molecule has 1 N–H and O–H groups in total. The minimum Gasteiger partial charge on any atom is -0.393 e. The molecule has 90 valence electrons. The maximum absolute atomic E-state index is 10.2. The van der Waals surface area contributed by atoms with E-state index in [1.54, 1.807) is 0 Å². The van der Waals surface area contributed by atoms with Crippen LogP contribution in [0.15, 0.2) is 0 Å². The standard InChI is InChI=1S/C13H27NO/c1-4-11-7-5-6-8-12(11)13(15)9-10-14(2)3/h11-13,15H,4-10H2,1-3H3. The molecule has 1 aliphatic rings. The van der Waals surface area contributed by atoms with E-state index < -0.39 is 0 Å². The maximum atomic E-state index is 10.2. The number of hydrogen-bond acceptors (Lipinski definition) is 2. The van der Waals surface area contributed by atoms with Crippen LogP contribution in [-0.2, 0) is 0 Å². The van der Waals surface area contributed by atoms with Gasteiger partial charge in [-0.15, -0.1) is 0 Å². The van der Waals surface area contributed by atoms with E-state index in [1.807, 2.05) is 0 Å². The van der Waals surface area contributed by atoms with E-state index in [0.717, 1.165) is 18.9 Å². The highest BCUT2D eigenvalue weighted by Gasteiger charge is 2.29. The van der Waals surface area contributed by atoms with Crippen molar-refractivity contribution >= 4 is 0 Å². The van der Waals surface area contributed by atoms with Crippen molar-refractivity contribution in [1.82, 2.24) is 4.90 Å². The van der Waals surface area contributed by atoms with Gasteiger partial charge in [-0.3, -0.25) is 0 Å². The summed E-state index contributed by atoms with van der Waals surface area (Å²) < 4.78 is 0. The van der Waals surface area contributed by atoms with E-state index in [9.17, 15) is 5.11 Å². The molecule has 0 aliphatic heterocycles. The first-order valence-electron chi connectivity index (χ1n) is 6.48. The zero-order chi connectivity index (χ0) is 11.3. The molecule has 0 heterocycles. The third-order valence-corrected chi connectivity index (χ3v) is 3.86. The second-order valence-electron chi connectivity index (χ2n) is 5.28. The molecule has 0 aromatic carbocycles. The second-order valence-corrected chi connectivity index (χ2v) is 5.28. The summed E-state index contributed by atoms with van der Waals surface area (Å²) in [6, 6.07) is 0. The van der Waals surface area contributed by atoms with Gasteiger partial charge in [-0.1, -0.05) is 32.6 Å². The van der Waals surface area contributed by atoms with Crippen LogP contribution in [0, 0.1) is 11.8 Å². The van der Waals surface area contributed by atoms with Crippen LogP contribution in [-0.4, -0.2) is 36.8 Å². The molecular formula is C13H27NO. The largest absolute Gasteiger partial charge is 0.393 e. The van der Waals surface area contributed by atoms with Gasteiger partial charge in [0.15, 0.2) is 0 Å². The lowest BCUT2D eigenvalue weighted by Crippen LogP contribution is -2.32. The average molecular weight is 213 g/mol. The molecule has 3 atom stereocenters. The highest BCUT2D eigenvalue weighted by Crippen LogP contribution is 2.35. The Balaban J connectivity index is 2.37. The Bertz CT molecular complexity index is 170. The molecule has 2 nitrogen and oxygen atoms in total. The first-order chi connectivity index (χ1) is 7.15. The molecule has 0 aromatic rings. The van der Waals surface area contributed by atoms with Crippen LogP contribution in [0.25, 0.3) is 0 Å². The van der Waals surface area contributed by atoms with Crippen LogP contribution in [0.2, 0.25) is 0 Å². The summed E-state index contributed by atoms with van der Waals surface area (Å²) >= 11 is 0. The van der Waals surface area contributed by atoms with Crippen molar-refractivity contribution in [2.45, 2.75) is 51.6 Å². The second kappa shape index (κ2) is 6.49. The quantitative estimate of drug-likeness (QED) is 0.758. The maximum Gasteiger partial charge on any atom is 0.0583 e. The molecule has 3 unspecified atom stereocenters. The van der Waals surface area contributed by atoms with E-state index in [-0.39, 0.29) is 6.10 Å². The lowest BCUT2D eigenvalue weighted by Gasteiger charge is -2.34. The molecule has 0 radical (unpaired) electrons. The monoisotopic (exact) mass is 213 g/mol. The molecule has 1 rings (SSSR count). The molecule has 1 fully saturated rings. The van der Waals surface area contributed by atoms with Crippen LogP contribution in [0.3, 0.4) is 0 Å². The summed E-state index contributed by atoms with van der Waals surface area (Å²) in [6.45, 7) is 3.27. The Morgan fingerprint density at radius 3 is 2.53 bits per heavy atom. The minimum atomic E-state index is -0.0716. The van der Waals surface area contributed by atoms with Crippen molar-refractivity contribution in [2.24, 2.45) is 11.8 Å². The van der Waals surface area contributed by atoms with Crippen molar-refractivity contribution in [2.75, 3.05) is 20.6 Å². The summed E-state index contributed by atoms with van der Waals surface area (Å²) in [5.74, 6) is 1.35. The summed E-state index contributed by atoms with van der Waals surface area (Å²) in [6.07, 6.45) is 7.37. The Labute approximate surface area is 94.7 Å². The van der Waals surface area contributed by atoms with Gasteiger partial charge in [0, 0.05) is 0 Å². The molecule has 0 amide bonds. The molecule has 0 saturated heterocycles. The Hall–Kier alpha value is -0.0800. The van der Waals surface area contributed by atoms with Gasteiger partial charge in [0.25, 0.3) is 0 Å². The van der Waals surface area contributed by atoms with Gasteiger partial charge in [0.05, 0.1) is 6.10 Å².